The Morgan fingerprint density at radius 3 is 1.12 bits per heavy atom. The molecule has 0 aliphatic carbocycles. The largest absolute Gasteiger partial charge is 0.756 e. The first kappa shape index (κ1) is 64.8. The second-order valence-electron chi connectivity index (χ2n) is 20.7. The van der Waals surface area contributed by atoms with E-state index in [0.717, 1.165) is 44.9 Å². The van der Waals surface area contributed by atoms with Gasteiger partial charge in [0.1, 0.15) is 19.8 Å². The molecule has 9 nitrogen and oxygen atoms in total. The van der Waals surface area contributed by atoms with Crippen molar-refractivity contribution in [2.45, 2.75) is 290 Å². The molecule has 0 saturated carbocycles. The maximum Gasteiger partial charge on any atom is 0.306 e. The molecule has 0 rings (SSSR count). The van der Waals surface area contributed by atoms with Crippen LogP contribution in [0.25, 0.3) is 0 Å². The molecule has 0 N–H and O–H groups in total. The second kappa shape index (κ2) is 48.8. The van der Waals surface area contributed by atoms with Gasteiger partial charge in [-0.25, -0.2) is 0 Å². The van der Waals surface area contributed by atoms with E-state index in [-0.39, 0.29) is 26.1 Å². The summed E-state index contributed by atoms with van der Waals surface area (Å²) in [5, 5.41) is 0. The zero-order valence-corrected chi connectivity index (χ0v) is 45.3. The molecule has 0 heterocycles. The first-order valence-corrected chi connectivity index (χ1v) is 29.9. The Kier molecular flexibility index (Phi) is 47.8. The third-order valence-corrected chi connectivity index (χ3v) is 13.7. The lowest BCUT2D eigenvalue weighted by Crippen LogP contribution is -2.37. The molecule has 0 amide bonds. The standard InChI is InChI=1S/C56H110NO8P/c1-6-8-10-12-13-14-15-16-17-18-19-20-21-22-23-24-25-26-27-28-29-30-31-32-33-34-35-36-37-38-39-40-41-42-43-45-47-49-56(59)65-54(52-62-55(58)48-46-44-11-9-7-2)53-64-66(60,61)63-51-50-57(3,4)5/h18-19,54H,6-17,20-53H2,1-5H3/b19-18-. The fourth-order valence-corrected chi connectivity index (χ4v) is 9.09. The van der Waals surface area contributed by atoms with Gasteiger partial charge in [-0.05, 0) is 38.5 Å². The summed E-state index contributed by atoms with van der Waals surface area (Å²) in [6.07, 6.45) is 56.4. The van der Waals surface area contributed by atoms with Crippen molar-refractivity contribution >= 4 is 19.8 Å². The number of unbranched alkanes of at least 4 members (excludes halogenated alkanes) is 37. The summed E-state index contributed by atoms with van der Waals surface area (Å²) in [5.41, 5.74) is 0. The first-order valence-electron chi connectivity index (χ1n) is 28.4. The number of rotatable bonds is 53. The maximum absolute atomic E-state index is 12.7. The number of hydrogen-bond acceptors (Lipinski definition) is 8. The molecule has 0 fully saturated rings. The minimum Gasteiger partial charge on any atom is -0.756 e. The first-order chi connectivity index (χ1) is 32.0. The van der Waals surface area contributed by atoms with Crippen molar-refractivity contribution < 1.29 is 42.1 Å². The number of carbonyl (C=O) groups excluding carboxylic acids is 2. The molecule has 2 atom stereocenters. The van der Waals surface area contributed by atoms with Crippen molar-refractivity contribution in [3.05, 3.63) is 12.2 Å². The van der Waals surface area contributed by atoms with Crippen LogP contribution in [0.3, 0.4) is 0 Å². The molecule has 0 aliphatic heterocycles. The summed E-state index contributed by atoms with van der Waals surface area (Å²) < 4.78 is 33.8. The lowest BCUT2D eigenvalue weighted by molar-refractivity contribution is -0.870. The third kappa shape index (κ3) is 52.1. The van der Waals surface area contributed by atoms with Crippen LogP contribution in [0, 0.1) is 0 Å². The fourth-order valence-electron chi connectivity index (χ4n) is 8.36. The van der Waals surface area contributed by atoms with Crippen LogP contribution < -0.4 is 4.89 Å². The maximum atomic E-state index is 12.7. The molecule has 0 radical (unpaired) electrons. The average Bonchev–Trinajstić information content (AvgIpc) is 3.27. The lowest BCUT2D eigenvalue weighted by Gasteiger charge is -2.28. The number of hydrogen-bond donors (Lipinski definition) is 0. The zero-order chi connectivity index (χ0) is 48.5. The molecule has 0 aliphatic rings. The Morgan fingerprint density at radius 2 is 0.773 bits per heavy atom. The molecule has 0 aromatic carbocycles. The number of quaternary nitrogens is 1. The Hall–Kier alpha value is -1.25. The van der Waals surface area contributed by atoms with E-state index in [9.17, 15) is 19.0 Å². The average molecular weight is 956 g/mol. The van der Waals surface area contributed by atoms with Gasteiger partial charge in [0.2, 0.25) is 0 Å². The van der Waals surface area contributed by atoms with Crippen LogP contribution in [0.1, 0.15) is 284 Å². The van der Waals surface area contributed by atoms with Gasteiger partial charge < -0.3 is 27.9 Å². The van der Waals surface area contributed by atoms with Gasteiger partial charge in [0.25, 0.3) is 7.82 Å². The van der Waals surface area contributed by atoms with Gasteiger partial charge in [0.05, 0.1) is 27.7 Å². The minimum absolute atomic E-state index is 0.0270. The molecule has 10 heteroatoms. The van der Waals surface area contributed by atoms with Crippen LogP contribution in [0.2, 0.25) is 0 Å². The highest BCUT2D eigenvalue weighted by Crippen LogP contribution is 2.38. The smallest absolute Gasteiger partial charge is 0.306 e. The highest BCUT2D eigenvalue weighted by molar-refractivity contribution is 7.45. The van der Waals surface area contributed by atoms with Gasteiger partial charge in [0.15, 0.2) is 6.10 Å². The highest BCUT2D eigenvalue weighted by atomic mass is 31.2. The number of phosphoric acid groups is 1. The van der Waals surface area contributed by atoms with Gasteiger partial charge in [-0.15, -0.1) is 0 Å². The summed E-state index contributed by atoms with van der Waals surface area (Å²) in [6.45, 7) is 4.17. The van der Waals surface area contributed by atoms with Crippen molar-refractivity contribution in [3.63, 3.8) is 0 Å². The number of esters is 2. The quantitative estimate of drug-likeness (QED) is 0.0195. The van der Waals surface area contributed by atoms with E-state index in [4.69, 9.17) is 18.5 Å². The van der Waals surface area contributed by atoms with Crippen LogP contribution >= 0.6 is 7.82 Å². The molecular weight excluding hydrogens is 846 g/mol. The molecule has 0 bridgehead atoms. The van der Waals surface area contributed by atoms with Gasteiger partial charge in [-0.1, -0.05) is 244 Å². The molecule has 0 spiro atoms. The number of phosphoric ester groups is 1. The van der Waals surface area contributed by atoms with Crippen LogP contribution in [-0.2, 0) is 32.7 Å². The Labute approximate surface area is 409 Å². The van der Waals surface area contributed by atoms with E-state index in [1.807, 2.05) is 21.1 Å². The van der Waals surface area contributed by atoms with Crippen molar-refractivity contribution in [1.29, 1.82) is 0 Å². The molecule has 66 heavy (non-hydrogen) atoms. The number of ether oxygens (including phenoxy) is 2. The van der Waals surface area contributed by atoms with Crippen LogP contribution in [0.15, 0.2) is 12.2 Å². The van der Waals surface area contributed by atoms with E-state index >= 15 is 0 Å². The minimum atomic E-state index is -4.61. The summed E-state index contributed by atoms with van der Waals surface area (Å²) in [7, 11) is 1.18. The summed E-state index contributed by atoms with van der Waals surface area (Å²) in [4.78, 5) is 37.3. The van der Waals surface area contributed by atoms with Crippen molar-refractivity contribution in [1.82, 2.24) is 0 Å². The molecule has 0 saturated heterocycles. The molecule has 0 aromatic heterocycles. The number of allylic oxidation sites excluding steroid dienone is 2. The predicted molar refractivity (Wildman–Crippen MR) is 278 cm³/mol. The SMILES string of the molecule is CCCCCCCCCC/C=C\CCCCCCCCCCCCCCCCCCCCCCCCCCCC(=O)OC(COC(=O)CCCCCCC)COP(=O)([O-])OCC[N+](C)(C)C. The normalized spacial score (nSPS) is 13.4. The fraction of sp³-hybridized carbons (Fsp3) is 0.929. The molecule has 392 valence electrons. The topological polar surface area (TPSA) is 111 Å². The van der Waals surface area contributed by atoms with Crippen LogP contribution in [-0.4, -0.2) is 70.0 Å². The van der Waals surface area contributed by atoms with E-state index in [2.05, 4.69) is 26.0 Å². The van der Waals surface area contributed by atoms with Crippen molar-refractivity contribution in [2.24, 2.45) is 0 Å². The van der Waals surface area contributed by atoms with E-state index in [1.165, 1.54) is 205 Å². The zero-order valence-electron chi connectivity index (χ0n) is 44.4. The Morgan fingerprint density at radius 1 is 0.455 bits per heavy atom. The van der Waals surface area contributed by atoms with E-state index in [0.29, 0.717) is 17.4 Å². The van der Waals surface area contributed by atoms with Crippen LogP contribution in [0.5, 0.6) is 0 Å². The van der Waals surface area contributed by atoms with Crippen molar-refractivity contribution in [3.8, 4) is 0 Å². The Balaban J connectivity index is 3.72. The molecular formula is C56H110NO8P. The van der Waals surface area contributed by atoms with Gasteiger partial charge >= 0.3 is 11.9 Å². The van der Waals surface area contributed by atoms with E-state index in [1.54, 1.807) is 0 Å². The van der Waals surface area contributed by atoms with Crippen molar-refractivity contribution in [2.75, 3.05) is 47.5 Å². The van der Waals surface area contributed by atoms with Gasteiger partial charge in [-0.3, -0.25) is 14.2 Å². The number of nitrogens with zero attached hydrogens (tertiary/aromatic N) is 1. The second-order valence-corrected chi connectivity index (χ2v) is 22.1. The molecule has 2 unspecified atom stereocenters. The monoisotopic (exact) mass is 956 g/mol. The van der Waals surface area contributed by atoms with Gasteiger partial charge in [0, 0.05) is 12.8 Å². The number of likely N-dealkylation sites (N-methyl/N-ethyl adjacent to an activating group) is 1. The van der Waals surface area contributed by atoms with E-state index < -0.39 is 32.5 Å². The predicted octanol–water partition coefficient (Wildman–Crippen LogP) is 16.6. The molecule has 0 aromatic rings. The lowest BCUT2D eigenvalue weighted by atomic mass is 10.0. The number of carbonyl (C=O) groups is 2. The summed E-state index contributed by atoms with van der Waals surface area (Å²) >= 11 is 0. The van der Waals surface area contributed by atoms with Gasteiger partial charge in [-0.2, -0.15) is 0 Å². The highest BCUT2D eigenvalue weighted by Gasteiger charge is 2.22. The summed E-state index contributed by atoms with van der Waals surface area (Å²) in [5.74, 6) is -0.834. The Bertz CT molecular complexity index is 1130. The van der Waals surface area contributed by atoms with Crippen LogP contribution in [0.4, 0.5) is 0 Å². The summed E-state index contributed by atoms with van der Waals surface area (Å²) in [6, 6.07) is 0. The third-order valence-electron chi connectivity index (χ3n) is 12.8.